The molecular formula is C17H15BrN6O4. The minimum atomic E-state index is -0.573. The second-order valence-corrected chi connectivity index (χ2v) is 6.27. The first kappa shape index (κ1) is 19.3. The van der Waals surface area contributed by atoms with Crippen LogP contribution in [-0.4, -0.2) is 34.1 Å². The van der Waals surface area contributed by atoms with Gasteiger partial charge in [-0.3, -0.25) is 10.1 Å². The average Bonchev–Trinajstić information content (AvgIpc) is 2.69. The number of benzene rings is 1. The number of hydrogen-bond donors (Lipinski definition) is 2. The Hall–Kier alpha value is -3.47. The number of aromatic nitrogens is 3. The van der Waals surface area contributed by atoms with Gasteiger partial charge in [0.1, 0.15) is 23.6 Å². The molecule has 11 heteroatoms. The molecular weight excluding hydrogens is 432 g/mol. The zero-order chi connectivity index (χ0) is 20.1. The van der Waals surface area contributed by atoms with E-state index in [2.05, 4.69) is 41.5 Å². The summed E-state index contributed by atoms with van der Waals surface area (Å²) in [6, 6.07) is 8.45. The molecule has 144 valence electrons. The Kier molecular flexibility index (Phi) is 5.84. The number of ether oxygens (including phenoxy) is 2. The summed E-state index contributed by atoms with van der Waals surface area (Å²) in [4.78, 5) is 23.3. The number of hydrogen-bond acceptors (Lipinski definition) is 9. The van der Waals surface area contributed by atoms with E-state index in [1.807, 2.05) is 0 Å². The van der Waals surface area contributed by atoms with E-state index in [4.69, 9.17) is 9.47 Å². The van der Waals surface area contributed by atoms with Crippen molar-refractivity contribution < 1.29 is 14.4 Å². The number of halogens is 1. The van der Waals surface area contributed by atoms with Gasteiger partial charge in [-0.1, -0.05) is 0 Å². The van der Waals surface area contributed by atoms with Crippen LogP contribution in [0.1, 0.15) is 0 Å². The van der Waals surface area contributed by atoms with E-state index in [0.29, 0.717) is 23.0 Å². The number of nitro groups is 1. The van der Waals surface area contributed by atoms with Crippen molar-refractivity contribution in [2.24, 2.45) is 0 Å². The standard InChI is InChI=1S/C17H15BrN6O4/c1-27-11-4-5-13(28-2)12(7-11)22-16-15(24(25)26)17(21-9-20-16)23-14-6-3-10(18)8-19-14/h3-9H,1-2H3,(H2,19,20,21,22,23). The lowest BCUT2D eigenvalue weighted by atomic mass is 10.2. The summed E-state index contributed by atoms with van der Waals surface area (Å²) in [7, 11) is 3.01. The Morgan fingerprint density at radius 2 is 1.79 bits per heavy atom. The molecule has 0 saturated carbocycles. The SMILES string of the molecule is COc1ccc(OC)c(Nc2ncnc(Nc3ccc(Br)cn3)c2[N+](=O)[O-])c1. The molecule has 0 fully saturated rings. The van der Waals surface area contributed by atoms with Gasteiger partial charge in [-0.2, -0.15) is 0 Å². The molecule has 0 bridgehead atoms. The van der Waals surface area contributed by atoms with Crippen molar-refractivity contribution in [3.05, 3.63) is 57.4 Å². The molecule has 0 aliphatic carbocycles. The summed E-state index contributed by atoms with van der Waals surface area (Å²) in [6.45, 7) is 0. The van der Waals surface area contributed by atoms with Crippen molar-refractivity contribution in [1.82, 2.24) is 15.0 Å². The highest BCUT2D eigenvalue weighted by Gasteiger charge is 2.24. The molecule has 3 aromatic rings. The number of nitrogens with one attached hydrogen (secondary N) is 2. The lowest BCUT2D eigenvalue weighted by Crippen LogP contribution is -2.06. The summed E-state index contributed by atoms with van der Waals surface area (Å²) in [5.41, 5.74) is 0.119. The third-order valence-electron chi connectivity index (χ3n) is 3.64. The van der Waals surface area contributed by atoms with Crippen LogP contribution in [0, 0.1) is 10.1 Å². The quantitative estimate of drug-likeness (QED) is 0.408. The molecule has 0 saturated heterocycles. The van der Waals surface area contributed by atoms with E-state index in [1.165, 1.54) is 20.5 Å². The first-order valence-corrected chi connectivity index (χ1v) is 8.68. The van der Waals surface area contributed by atoms with Crippen molar-refractivity contribution >= 4 is 44.8 Å². The number of pyridine rings is 1. The number of rotatable bonds is 7. The number of methoxy groups -OCH3 is 2. The van der Waals surface area contributed by atoms with Crippen molar-refractivity contribution in [3.8, 4) is 11.5 Å². The lowest BCUT2D eigenvalue weighted by molar-refractivity contribution is -0.383. The van der Waals surface area contributed by atoms with Gasteiger partial charge in [-0.05, 0) is 40.2 Å². The summed E-state index contributed by atoms with van der Waals surface area (Å²) < 4.78 is 11.3. The van der Waals surface area contributed by atoms with Gasteiger partial charge < -0.3 is 20.1 Å². The zero-order valence-electron chi connectivity index (χ0n) is 14.8. The Labute approximate surface area is 168 Å². The largest absolute Gasteiger partial charge is 0.497 e. The molecule has 0 amide bonds. The average molecular weight is 447 g/mol. The molecule has 28 heavy (non-hydrogen) atoms. The molecule has 0 unspecified atom stereocenters. The van der Waals surface area contributed by atoms with Crippen LogP contribution in [0.4, 0.5) is 28.8 Å². The predicted octanol–water partition coefficient (Wildman–Crippen LogP) is 4.05. The fourth-order valence-electron chi connectivity index (χ4n) is 2.35. The van der Waals surface area contributed by atoms with E-state index in [0.717, 1.165) is 4.47 Å². The Balaban J connectivity index is 2.00. The molecule has 0 aliphatic rings. The summed E-state index contributed by atoms with van der Waals surface area (Å²) in [5, 5.41) is 17.5. The molecule has 1 aromatic carbocycles. The van der Waals surface area contributed by atoms with Gasteiger partial charge in [-0.25, -0.2) is 15.0 Å². The van der Waals surface area contributed by atoms with Gasteiger partial charge in [-0.15, -0.1) is 0 Å². The highest BCUT2D eigenvalue weighted by Crippen LogP contribution is 2.36. The van der Waals surface area contributed by atoms with Gasteiger partial charge in [0.25, 0.3) is 0 Å². The molecule has 0 radical (unpaired) electrons. The topological polar surface area (TPSA) is 124 Å². The fraction of sp³-hybridized carbons (Fsp3) is 0.118. The maximum absolute atomic E-state index is 11.7. The molecule has 10 nitrogen and oxygen atoms in total. The van der Waals surface area contributed by atoms with Gasteiger partial charge in [0.15, 0.2) is 0 Å². The van der Waals surface area contributed by atoms with E-state index < -0.39 is 4.92 Å². The molecule has 2 N–H and O–H groups in total. The Morgan fingerprint density at radius 3 is 2.39 bits per heavy atom. The maximum Gasteiger partial charge on any atom is 0.353 e. The number of nitrogens with zero attached hydrogens (tertiary/aromatic N) is 4. The second-order valence-electron chi connectivity index (χ2n) is 5.35. The molecule has 0 aliphatic heterocycles. The molecule has 2 heterocycles. The first-order valence-electron chi connectivity index (χ1n) is 7.89. The smallest absolute Gasteiger partial charge is 0.353 e. The molecule has 2 aromatic heterocycles. The van der Waals surface area contributed by atoms with E-state index in [9.17, 15) is 10.1 Å². The van der Waals surface area contributed by atoms with Crippen LogP contribution in [0.3, 0.4) is 0 Å². The summed E-state index contributed by atoms with van der Waals surface area (Å²) in [6.07, 6.45) is 2.78. The molecule has 0 spiro atoms. The minimum absolute atomic E-state index is 0.000754. The highest BCUT2D eigenvalue weighted by atomic mass is 79.9. The minimum Gasteiger partial charge on any atom is -0.497 e. The van der Waals surface area contributed by atoms with Crippen LogP contribution in [0.25, 0.3) is 0 Å². The van der Waals surface area contributed by atoms with Crippen LogP contribution >= 0.6 is 15.9 Å². The predicted molar refractivity (Wildman–Crippen MR) is 107 cm³/mol. The normalized spacial score (nSPS) is 10.2. The van der Waals surface area contributed by atoms with E-state index in [-0.39, 0.29) is 17.3 Å². The third kappa shape index (κ3) is 4.26. The van der Waals surface area contributed by atoms with Crippen molar-refractivity contribution in [2.75, 3.05) is 24.9 Å². The Bertz CT molecular complexity index is 999. The van der Waals surface area contributed by atoms with Crippen molar-refractivity contribution in [3.63, 3.8) is 0 Å². The number of anilines is 4. The van der Waals surface area contributed by atoms with Crippen LogP contribution in [0.5, 0.6) is 11.5 Å². The zero-order valence-corrected chi connectivity index (χ0v) is 16.4. The summed E-state index contributed by atoms with van der Waals surface area (Å²) >= 11 is 3.29. The van der Waals surface area contributed by atoms with Gasteiger partial charge in [0.2, 0.25) is 11.6 Å². The fourth-order valence-corrected chi connectivity index (χ4v) is 2.58. The Morgan fingerprint density at radius 1 is 1.04 bits per heavy atom. The van der Waals surface area contributed by atoms with Gasteiger partial charge >= 0.3 is 5.69 Å². The van der Waals surface area contributed by atoms with Crippen LogP contribution in [0.2, 0.25) is 0 Å². The van der Waals surface area contributed by atoms with Crippen LogP contribution in [-0.2, 0) is 0 Å². The molecule has 3 rings (SSSR count). The monoisotopic (exact) mass is 446 g/mol. The van der Waals surface area contributed by atoms with Crippen LogP contribution < -0.4 is 20.1 Å². The molecule has 0 atom stereocenters. The highest BCUT2D eigenvalue weighted by molar-refractivity contribution is 9.10. The van der Waals surface area contributed by atoms with E-state index in [1.54, 1.807) is 36.5 Å². The lowest BCUT2D eigenvalue weighted by Gasteiger charge is -2.13. The van der Waals surface area contributed by atoms with Gasteiger partial charge in [0.05, 0.1) is 24.8 Å². The van der Waals surface area contributed by atoms with Gasteiger partial charge in [0, 0.05) is 16.7 Å². The van der Waals surface area contributed by atoms with Crippen LogP contribution in [0.15, 0.2) is 47.3 Å². The summed E-state index contributed by atoms with van der Waals surface area (Å²) in [5.74, 6) is 1.41. The van der Waals surface area contributed by atoms with Crippen molar-refractivity contribution in [2.45, 2.75) is 0 Å². The first-order chi connectivity index (χ1) is 13.5. The third-order valence-corrected chi connectivity index (χ3v) is 4.11. The van der Waals surface area contributed by atoms with Crippen molar-refractivity contribution in [1.29, 1.82) is 0 Å². The van der Waals surface area contributed by atoms with E-state index >= 15 is 0 Å². The maximum atomic E-state index is 11.7. The second kappa shape index (κ2) is 8.48.